The minimum atomic E-state index is -3.82. The summed E-state index contributed by atoms with van der Waals surface area (Å²) < 4.78 is 44.0. The molecular weight excluding hydrogens is 317 g/mol. The maximum Gasteiger partial charge on any atom is 0.348 e. The summed E-state index contributed by atoms with van der Waals surface area (Å²) in [5.74, 6) is -1.04. The molecule has 1 aromatic carbocycles. The molecule has 1 heterocycles. The van der Waals surface area contributed by atoms with Gasteiger partial charge in [0.2, 0.25) is 0 Å². The fourth-order valence-corrected chi connectivity index (χ4v) is 3.91. The lowest BCUT2D eigenvalue weighted by atomic mass is 10.3. The Balaban J connectivity index is 2.29. The van der Waals surface area contributed by atoms with Crippen LogP contribution in [0.5, 0.6) is 0 Å². The molecule has 1 N–H and O–H groups in total. The van der Waals surface area contributed by atoms with Gasteiger partial charge in [-0.05, 0) is 42.8 Å². The molecule has 112 valence electrons. The first-order chi connectivity index (χ1) is 9.83. The quantitative estimate of drug-likeness (QED) is 0.876. The maximum absolute atomic E-state index is 12.8. The van der Waals surface area contributed by atoms with Crippen molar-refractivity contribution < 1.29 is 22.3 Å². The highest BCUT2D eigenvalue weighted by atomic mass is 32.2. The van der Waals surface area contributed by atoms with Gasteiger partial charge >= 0.3 is 5.97 Å². The molecule has 0 aliphatic rings. The summed E-state index contributed by atoms with van der Waals surface area (Å²) in [4.78, 5) is 11.8. The third-order valence-electron chi connectivity index (χ3n) is 2.65. The molecule has 0 radical (unpaired) electrons. The Kier molecular flexibility index (Phi) is 4.29. The maximum atomic E-state index is 12.8. The number of nitrogens with one attached hydrogen (secondary N) is 1. The number of aryl methyl sites for hydroxylation is 1. The molecule has 0 bridgehead atoms. The Labute approximate surface area is 125 Å². The monoisotopic (exact) mass is 329 g/mol. The second-order valence-electron chi connectivity index (χ2n) is 4.17. The Morgan fingerprint density at radius 2 is 1.90 bits per heavy atom. The van der Waals surface area contributed by atoms with Crippen molar-refractivity contribution in [1.29, 1.82) is 0 Å². The number of carbonyl (C=O) groups excluding carboxylic acids is 1. The molecule has 0 unspecified atom stereocenters. The van der Waals surface area contributed by atoms with E-state index in [4.69, 9.17) is 0 Å². The highest BCUT2D eigenvalue weighted by Gasteiger charge is 2.19. The van der Waals surface area contributed by atoms with Gasteiger partial charge in [0, 0.05) is 0 Å². The first kappa shape index (κ1) is 15.5. The van der Waals surface area contributed by atoms with E-state index in [0.29, 0.717) is 10.4 Å². The predicted molar refractivity (Wildman–Crippen MR) is 77.6 cm³/mol. The van der Waals surface area contributed by atoms with Crippen LogP contribution in [0.1, 0.15) is 15.2 Å². The van der Waals surface area contributed by atoms with Crippen LogP contribution in [0.2, 0.25) is 0 Å². The zero-order valence-corrected chi connectivity index (χ0v) is 12.8. The molecule has 0 spiro atoms. The third-order valence-corrected chi connectivity index (χ3v) is 5.29. The molecule has 1 aromatic heterocycles. The summed E-state index contributed by atoms with van der Waals surface area (Å²) in [6.45, 7) is 1.68. The predicted octanol–water partition coefficient (Wildman–Crippen LogP) is 2.78. The average molecular weight is 329 g/mol. The second kappa shape index (κ2) is 5.82. The van der Waals surface area contributed by atoms with Gasteiger partial charge in [-0.15, -0.1) is 11.3 Å². The van der Waals surface area contributed by atoms with Crippen LogP contribution in [-0.4, -0.2) is 21.5 Å². The summed E-state index contributed by atoms with van der Waals surface area (Å²) in [6, 6.07) is 6.00. The number of esters is 1. The zero-order chi connectivity index (χ0) is 15.6. The van der Waals surface area contributed by atoms with E-state index in [2.05, 4.69) is 9.46 Å². The number of thiophene rings is 1. The van der Waals surface area contributed by atoms with Crippen LogP contribution in [0.25, 0.3) is 0 Å². The number of hydrogen-bond donors (Lipinski definition) is 1. The number of ether oxygens (including phenoxy) is 1. The smallest absolute Gasteiger partial charge is 0.348 e. The van der Waals surface area contributed by atoms with Crippen LogP contribution in [0, 0.1) is 12.7 Å². The minimum Gasteiger partial charge on any atom is -0.465 e. The van der Waals surface area contributed by atoms with E-state index >= 15 is 0 Å². The molecule has 2 rings (SSSR count). The number of sulfonamides is 1. The van der Waals surface area contributed by atoms with Crippen LogP contribution in [-0.2, 0) is 14.8 Å². The van der Waals surface area contributed by atoms with Crippen LogP contribution in [0.4, 0.5) is 9.39 Å². The molecule has 0 amide bonds. The molecule has 0 saturated carbocycles. The van der Waals surface area contributed by atoms with Crippen molar-refractivity contribution in [3.05, 3.63) is 46.6 Å². The van der Waals surface area contributed by atoms with E-state index in [1.807, 2.05) is 0 Å². The van der Waals surface area contributed by atoms with Gasteiger partial charge < -0.3 is 4.74 Å². The Bertz CT molecular complexity index is 766. The molecule has 21 heavy (non-hydrogen) atoms. The van der Waals surface area contributed by atoms with Crippen molar-refractivity contribution in [1.82, 2.24) is 0 Å². The SMILES string of the molecule is COC(=O)c1sc(NS(=O)(=O)c2ccc(F)cc2)cc1C. The molecule has 0 saturated heterocycles. The molecule has 2 aromatic rings. The molecule has 5 nitrogen and oxygen atoms in total. The van der Waals surface area contributed by atoms with Crippen molar-refractivity contribution >= 4 is 32.3 Å². The van der Waals surface area contributed by atoms with Crippen molar-refractivity contribution in [3.8, 4) is 0 Å². The summed E-state index contributed by atoms with van der Waals surface area (Å²) in [6.07, 6.45) is 0. The van der Waals surface area contributed by atoms with Gasteiger partial charge in [-0.25, -0.2) is 17.6 Å². The van der Waals surface area contributed by atoms with Crippen molar-refractivity contribution in [3.63, 3.8) is 0 Å². The second-order valence-corrected chi connectivity index (χ2v) is 6.91. The van der Waals surface area contributed by atoms with Crippen LogP contribution < -0.4 is 4.72 Å². The van der Waals surface area contributed by atoms with Gasteiger partial charge in [0.1, 0.15) is 15.7 Å². The fourth-order valence-electron chi connectivity index (χ4n) is 1.63. The lowest BCUT2D eigenvalue weighted by Gasteiger charge is -2.05. The first-order valence-corrected chi connectivity index (χ1v) is 8.10. The van der Waals surface area contributed by atoms with Crippen molar-refractivity contribution in [2.45, 2.75) is 11.8 Å². The highest BCUT2D eigenvalue weighted by molar-refractivity contribution is 7.93. The summed E-state index contributed by atoms with van der Waals surface area (Å²) in [7, 11) is -2.57. The van der Waals surface area contributed by atoms with Gasteiger partial charge in [-0.2, -0.15) is 0 Å². The summed E-state index contributed by atoms with van der Waals surface area (Å²) >= 11 is 0.978. The average Bonchev–Trinajstić information content (AvgIpc) is 2.78. The Morgan fingerprint density at radius 3 is 2.48 bits per heavy atom. The van der Waals surface area contributed by atoms with E-state index in [1.165, 1.54) is 25.3 Å². The molecule has 0 atom stereocenters. The van der Waals surface area contributed by atoms with E-state index < -0.39 is 21.8 Å². The van der Waals surface area contributed by atoms with Gasteiger partial charge in [0.05, 0.1) is 12.0 Å². The number of hydrogen-bond acceptors (Lipinski definition) is 5. The van der Waals surface area contributed by atoms with E-state index in [-0.39, 0.29) is 9.90 Å². The fraction of sp³-hybridized carbons (Fsp3) is 0.154. The first-order valence-electron chi connectivity index (χ1n) is 5.80. The van der Waals surface area contributed by atoms with Crippen LogP contribution in [0.3, 0.4) is 0 Å². The lowest BCUT2D eigenvalue weighted by Crippen LogP contribution is -2.11. The third kappa shape index (κ3) is 3.40. The van der Waals surface area contributed by atoms with E-state index in [1.54, 1.807) is 6.92 Å². The number of halogens is 1. The Hall–Kier alpha value is -1.93. The number of benzene rings is 1. The normalized spacial score (nSPS) is 11.2. The summed E-state index contributed by atoms with van der Waals surface area (Å²) in [5.41, 5.74) is 0.614. The van der Waals surface area contributed by atoms with Gasteiger partial charge in [0.25, 0.3) is 10.0 Å². The zero-order valence-electron chi connectivity index (χ0n) is 11.2. The van der Waals surface area contributed by atoms with Gasteiger partial charge in [-0.3, -0.25) is 4.72 Å². The molecular formula is C13H12FNO4S2. The van der Waals surface area contributed by atoms with Crippen LogP contribution in [0.15, 0.2) is 35.2 Å². The summed E-state index contributed by atoms with van der Waals surface area (Å²) in [5, 5.41) is 0.289. The molecule has 0 aliphatic heterocycles. The van der Waals surface area contributed by atoms with Crippen LogP contribution >= 0.6 is 11.3 Å². The molecule has 0 aliphatic carbocycles. The van der Waals surface area contributed by atoms with Gasteiger partial charge in [0.15, 0.2) is 0 Å². The minimum absolute atomic E-state index is 0.0606. The number of carbonyl (C=O) groups is 1. The number of methoxy groups -OCH3 is 1. The topological polar surface area (TPSA) is 72.5 Å². The Morgan fingerprint density at radius 1 is 1.29 bits per heavy atom. The molecule has 8 heteroatoms. The number of rotatable bonds is 4. The van der Waals surface area contributed by atoms with E-state index in [9.17, 15) is 17.6 Å². The lowest BCUT2D eigenvalue weighted by molar-refractivity contribution is 0.0605. The van der Waals surface area contributed by atoms with Crippen molar-refractivity contribution in [2.24, 2.45) is 0 Å². The standard InChI is InChI=1S/C13H12FNO4S2/c1-8-7-11(20-12(8)13(16)19-2)15-21(17,18)10-5-3-9(14)4-6-10/h3-7,15H,1-2H3. The largest absolute Gasteiger partial charge is 0.465 e. The highest BCUT2D eigenvalue weighted by Crippen LogP contribution is 2.29. The van der Waals surface area contributed by atoms with Crippen molar-refractivity contribution in [2.75, 3.05) is 11.8 Å². The van der Waals surface area contributed by atoms with Gasteiger partial charge in [-0.1, -0.05) is 0 Å². The number of anilines is 1. The molecule has 0 fully saturated rings. The van der Waals surface area contributed by atoms with E-state index in [0.717, 1.165) is 23.5 Å².